The normalized spacial score (nSPS) is 10.1. The third-order valence-corrected chi connectivity index (χ3v) is 2.30. The van der Waals surface area contributed by atoms with Gasteiger partial charge in [0.2, 0.25) is 0 Å². The third-order valence-electron chi connectivity index (χ3n) is 1.81. The lowest BCUT2D eigenvalue weighted by Gasteiger charge is -2.10. The van der Waals surface area contributed by atoms with Crippen molar-refractivity contribution in [2.45, 2.75) is 20.0 Å². The van der Waals surface area contributed by atoms with Gasteiger partial charge in [0.1, 0.15) is 5.75 Å². The van der Waals surface area contributed by atoms with E-state index in [2.05, 4.69) is 15.9 Å². The predicted octanol–water partition coefficient (Wildman–Crippen LogP) is 2.59. The molecule has 0 saturated carbocycles. The van der Waals surface area contributed by atoms with E-state index in [4.69, 9.17) is 9.47 Å². The molecule has 0 N–H and O–H groups in total. The molecule has 17 heavy (non-hydrogen) atoms. The van der Waals surface area contributed by atoms with Gasteiger partial charge >= 0.3 is 5.97 Å². The Labute approximate surface area is 108 Å². The van der Waals surface area contributed by atoms with Crippen LogP contribution in [0.25, 0.3) is 0 Å². The molecule has 4 nitrogen and oxygen atoms in total. The zero-order chi connectivity index (χ0) is 12.8. The van der Waals surface area contributed by atoms with Crippen LogP contribution in [0.1, 0.15) is 24.2 Å². The summed E-state index contributed by atoms with van der Waals surface area (Å²) in [6.07, 6.45) is 0.495. The second kappa shape index (κ2) is 6.39. The number of rotatable bonds is 5. The van der Waals surface area contributed by atoms with Gasteiger partial charge in [-0.15, -0.1) is 0 Å². The van der Waals surface area contributed by atoms with Crippen molar-refractivity contribution in [3.8, 4) is 5.75 Å². The van der Waals surface area contributed by atoms with Gasteiger partial charge in [0.15, 0.2) is 12.9 Å². The summed E-state index contributed by atoms with van der Waals surface area (Å²) in [6, 6.07) is 4.97. The Hall–Kier alpha value is -1.36. The molecule has 1 aromatic carbocycles. The van der Waals surface area contributed by atoms with E-state index < -0.39 is 5.97 Å². The van der Waals surface area contributed by atoms with Crippen LogP contribution in [0.5, 0.6) is 5.75 Å². The zero-order valence-corrected chi connectivity index (χ0v) is 11.2. The van der Waals surface area contributed by atoms with Crippen molar-refractivity contribution in [3.05, 3.63) is 28.2 Å². The van der Waals surface area contributed by atoms with Gasteiger partial charge in [0, 0.05) is 4.47 Å². The molecule has 5 heteroatoms. The molecule has 0 aromatic heterocycles. The van der Waals surface area contributed by atoms with Gasteiger partial charge in [-0.3, -0.25) is 4.79 Å². The number of aldehydes is 1. The smallest absolute Gasteiger partial charge is 0.344 e. The summed E-state index contributed by atoms with van der Waals surface area (Å²) in [5.74, 6) is -0.0938. The van der Waals surface area contributed by atoms with E-state index in [-0.39, 0.29) is 12.7 Å². The van der Waals surface area contributed by atoms with Gasteiger partial charge in [-0.1, -0.05) is 15.9 Å². The van der Waals surface area contributed by atoms with Crippen molar-refractivity contribution < 1.29 is 19.1 Å². The molecule has 0 spiro atoms. The van der Waals surface area contributed by atoms with Crippen LogP contribution in [0.15, 0.2) is 22.7 Å². The van der Waals surface area contributed by atoms with Gasteiger partial charge in [-0.2, -0.15) is 0 Å². The fourth-order valence-corrected chi connectivity index (χ4v) is 1.56. The van der Waals surface area contributed by atoms with Gasteiger partial charge < -0.3 is 9.47 Å². The molecule has 0 aliphatic heterocycles. The molecule has 0 saturated heterocycles. The molecule has 0 aliphatic rings. The molecule has 1 rings (SSSR count). The SMILES string of the molecule is CC(C)OC(=O)COc1ccc(Br)cc1C=O. The second-order valence-corrected chi connectivity index (χ2v) is 4.54. The summed E-state index contributed by atoms with van der Waals surface area (Å²) in [6.45, 7) is 3.31. The highest BCUT2D eigenvalue weighted by Gasteiger charge is 2.09. The molecule has 1 aromatic rings. The molecule has 0 heterocycles. The van der Waals surface area contributed by atoms with E-state index in [1.165, 1.54) is 0 Å². The van der Waals surface area contributed by atoms with Crippen molar-refractivity contribution >= 4 is 28.2 Å². The lowest BCUT2D eigenvalue weighted by molar-refractivity contribution is -0.149. The van der Waals surface area contributed by atoms with Gasteiger partial charge in [-0.05, 0) is 32.0 Å². The first-order valence-electron chi connectivity index (χ1n) is 5.10. The highest BCUT2D eigenvalue weighted by atomic mass is 79.9. The van der Waals surface area contributed by atoms with Crippen molar-refractivity contribution in [1.29, 1.82) is 0 Å². The Morgan fingerprint density at radius 2 is 2.18 bits per heavy atom. The second-order valence-electron chi connectivity index (χ2n) is 3.63. The van der Waals surface area contributed by atoms with Crippen LogP contribution in [0.2, 0.25) is 0 Å². The van der Waals surface area contributed by atoms with E-state index >= 15 is 0 Å². The third kappa shape index (κ3) is 4.56. The topological polar surface area (TPSA) is 52.6 Å². The fourth-order valence-electron chi connectivity index (χ4n) is 1.18. The zero-order valence-electron chi connectivity index (χ0n) is 9.60. The molecule has 0 bridgehead atoms. The van der Waals surface area contributed by atoms with Crippen LogP contribution in [-0.2, 0) is 9.53 Å². The number of carbonyl (C=O) groups is 2. The summed E-state index contributed by atoms with van der Waals surface area (Å²) in [5.41, 5.74) is 0.386. The number of hydrogen-bond donors (Lipinski definition) is 0. The molecule has 0 aliphatic carbocycles. The van der Waals surface area contributed by atoms with E-state index in [1.54, 1.807) is 32.0 Å². The highest BCUT2D eigenvalue weighted by molar-refractivity contribution is 9.10. The predicted molar refractivity (Wildman–Crippen MR) is 66.3 cm³/mol. The molecule has 92 valence electrons. The Morgan fingerprint density at radius 1 is 1.47 bits per heavy atom. The Balaban J connectivity index is 2.63. The van der Waals surface area contributed by atoms with Crippen LogP contribution in [0.3, 0.4) is 0 Å². The number of hydrogen-bond acceptors (Lipinski definition) is 4. The minimum Gasteiger partial charge on any atom is -0.481 e. The largest absolute Gasteiger partial charge is 0.481 e. The summed E-state index contributed by atoms with van der Waals surface area (Å²) in [5, 5.41) is 0. The molecule has 0 amide bonds. The van der Waals surface area contributed by atoms with Crippen molar-refractivity contribution in [3.63, 3.8) is 0 Å². The molecular weight excluding hydrogens is 288 g/mol. The summed E-state index contributed by atoms with van der Waals surface area (Å²) >= 11 is 3.24. The maximum absolute atomic E-state index is 11.2. The van der Waals surface area contributed by atoms with Gasteiger partial charge in [0.05, 0.1) is 11.7 Å². The summed E-state index contributed by atoms with van der Waals surface area (Å²) in [7, 11) is 0. The van der Waals surface area contributed by atoms with Crippen molar-refractivity contribution in [2.75, 3.05) is 6.61 Å². The maximum atomic E-state index is 11.2. The highest BCUT2D eigenvalue weighted by Crippen LogP contribution is 2.21. The summed E-state index contributed by atoms with van der Waals surface area (Å²) in [4.78, 5) is 22.0. The van der Waals surface area contributed by atoms with Crippen LogP contribution < -0.4 is 4.74 Å². The Bertz CT molecular complexity index is 415. The number of esters is 1. The number of halogens is 1. The minimum atomic E-state index is -0.459. The minimum absolute atomic E-state index is 0.179. The van der Waals surface area contributed by atoms with Crippen LogP contribution >= 0.6 is 15.9 Å². The Kier molecular flexibility index (Phi) is 5.15. The first kappa shape index (κ1) is 13.7. The first-order valence-corrected chi connectivity index (χ1v) is 5.89. The lowest BCUT2D eigenvalue weighted by Crippen LogP contribution is -2.19. The average molecular weight is 301 g/mol. The molecule has 0 atom stereocenters. The molecule has 0 unspecified atom stereocenters. The van der Waals surface area contributed by atoms with E-state index in [0.29, 0.717) is 17.6 Å². The van der Waals surface area contributed by atoms with Crippen molar-refractivity contribution in [2.24, 2.45) is 0 Å². The van der Waals surface area contributed by atoms with Gasteiger partial charge in [0.25, 0.3) is 0 Å². The first-order chi connectivity index (χ1) is 8.02. The molecular formula is C12H13BrO4. The average Bonchev–Trinajstić information content (AvgIpc) is 2.26. The van der Waals surface area contributed by atoms with Crippen molar-refractivity contribution in [1.82, 2.24) is 0 Å². The number of benzene rings is 1. The van der Waals surface area contributed by atoms with Crippen LogP contribution in [0.4, 0.5) is 0 Å². The lowest BCUT2D eigenvalue weighted by atomic mass is 10.2. The molecule has 0 fully saturated rings. The molecule has 0 radical (unpaired) electrons. The van der Waals surface area contributed by atoms with E-state index in [9.17, 15) is 9.59 Å². The summed E-state index contributed by atoms with van der Waals surface area (Å²) < 4.78 is 10.9. The monoisotopic (exact) mass is 300 g/mol. The van der Waals surface area contributed by atoms with E-state index in [0.717, 1.165) is 4.47 Å². The quantitative estimate of drug-likeness (QED) is 0.619. The fraction of sp³-hybridized carbons (Fsp3) is 0.333. The van der Waals surface area contributed by atoms with Crippen LogP contribution in [0, 0.1) is 0 Å². The van der Waals surface area contributed by atoms with Crippen LogP contribution in [-0.4, -0.2) is 25.0 Å². The standard InChI is InChI=1S/C12H13BrO4/c1-8(2)17-12(15)7-16-11-4-3-10(13)5-9(11)6-14/h3-6,8H,7H2,1-2H3. The number of ether oxygens (including phenoxy) is 2. The Morgan fingerprint density at radius 3 is 2.76 bits per heavy atom. The van der Waals surface area contributed by atoms with E-state index in [1.807, 2.05) is 0 Å². The van der Waals surface area contributed by atoms with Gasteiger partial charge in [-0.25, -0.2) is 4.79 Å². The maximum Gasteiger partial charge on any atom is 0.344 e. The number of carbonyl (C=O) groups excluding carboxylic acids is 2.